The van der Waals surface area contributed by atoms with Crippen molar-refractivity contribution < 1.29 is 0 Å². The minimum Gasteiger partial charge on any atom is -0.347 e. The highest BCUT2D eigenvalue weighted by molar-refractivity contribution is 7.98. The van der Waals surface area contributed by atoms with Gasteiger partial charge >= 0.3 is 0 Å². The van der Waals surface area contributed by atoms with Gasteiger partial charge in [-0.25, -0.2) is 0 Å². The first-order valence-corrected chi connectivity index (χ1v) is 7.08. The molecule has 0 unspecified atom stereocenters. The van der Waals surface area contributed by atoms with E-state index in [1.807, 2.05) is 11.8 Å². The fourth-order valence-corrected chi connectivity index (χ4v) is 2.85. The molecule has 0 saturated carbocycles. The van der Waals surface area contributed by atoms with E-state index in [-0.39, 0.29) is 0 Å². The van der Waals surface area contributed by atoms with Gasteiger partial charge in [0.05, 0.1) is 5.52 Å². The Bertz CT molecular complexity index is 485. The molecule has 0 aliphatic heterocycles. The summed E-state index contributed by atoms with van der Waals surface area (Å²) in [5.74, 6) is 2.31. The molecule has 0 atom stereocenters. The Hall–Kier alpha value is -0.890. The summed E-state index contributed by atoms with van der Waals surface area (Å²) in [6, 6.07) is 6.61. The van der Waals surface area contributed by atoms with E-state index in [0.717, 1.165) is 12.3 Å². The molecule has 0 spiro atoms. The van der Waals surface area contributed by atoms with E-state index in [9.17, 15) is 0 Å². The Morgan fingerprint density at radius 3 is 2.75 bits per heavy atom. The van der Waals surface area contributed by atoms with Crippen LogP contribution in [0.2, 0.25) is 0 Å². The van der Waals surface area contributed by atoms with Crippen molar-refractivity contribution in [1.29, 1.82) is 0 Å². The Labute approximate surface area is 102 Å². The summed E-state index contributed by atoms with van der Waals surface area (Å²) in [6.07, 6.45) is 2.32. The average Bonchev–Trinajstić information content (AvgIpc) is 2.66. The average molecular weight is 233 g/mol. The quantitative estimate of drug-likeness (QED) is 0.765. The summed E-state index contributed by atoms with van der Waals surface area (Å²) >= 11 is 1.99. The van der Waals surface area contributed by atoms with E-state index >= 15 is 0 Å². The third kappa shape index (κ3) is 1.99. The molecule has 0 bridgehead atoms. The summed E-state index contributed by atoms with van der Waals surface area (Å²) < 4.78 is 2.37. The second kappa shape index (κ2) is 4.96. The molecule has 0 aliphatic carbocycles. The zero-order valence-corrected chi connectivity index (χ0v) is 11.1. The number of aromatic nitrogens is 1. The maximum absolute atomic E-state index is 2.37. The lowest BCUT2D eigenvalue weighted by molar-refractivity contribution is 0.793. The van der Waals surface area contributed by atoms with Crippen LogP contribution in [0.3, 0.4) is 0 Å². The van der Waals surface area contributed by atoms with Crippen LogP contribution in [0.25, 0.3) is 10.9 Å². The Morgan fingerprint density at radius 1 is 1.25 bits per heavy atom. The third-order valence-electron chi connectivity index (χ3n) is 2.98. The highest BCUT2D eigenvalue weighted by atomic mass is 32.2. The molecule has 1 heterocycles. The largest absolute Gasteiger partial charge is 0.347 e. The van der Waals surface area contributed by atoms with Gasteiger partial charge in [0.1, 0.15) is 0 Å². The first kappa shape index (κ1) is 11.6. The monoisotopic (exact) mass is 233 g/mol. The smallest absolute Gasteiger partial charge is 0.0513 e. The predicted octanol–water partition coefficient (Wildman–Crippen LogP) is 4.22. The van der Waals surface area contributed by atoms with Crippen molar-refractivity contribution in [3.63, 3.8) is 0 Å². The number of para-hydroxylation sites is 1. The molecule has 0 radical (unpaired) electrons. The molecule has 0 amide bonds. The first-order valence-electron chi connectivity index (χ1n) is 5.93. The molecule has 2 heteroatoms. The molecule has 1 aromatic heterocycles. The zero-order chi connectivity index (χ0) is 11.5. The van der Waals surface area contributed by atoms with E-state index in [0.29, 0.717) is 0 Å². The molecular formula is C14H19NS. The molecular weight excluding hydrogens is 214 g/mol. The van der Waals surface area contributed by atoms with Gasteiger partial charge in [0, 0.05) is 23.9 Å². The van der Waals surface area contributed by atoms with Gasteiger partial charge in [0.15, 0.2) is 0 Å². The maximum atomic E-state index is 2.37. The SMILES string of the molecule is CCSCc1cn(CC)c2c(C)cccc12. The topological polar surface area (TPSA) is 4.93 Å². The number of hydrogen-bond donors (Lipinski definition) is 0. The number of fused-ring (bicyclic) bond motifs is 1. The molecule has 1 aromatic carbocycles. The summed E-state index contributed by atoms with van der Waals surface area (Å²) in [5, 5.41) is 1.43. The van der Waals surface area contributed by atoms with Crippen molar-refractivity contribution in [2.75, 3.05) is 5.75 Å². The van der Waals surface area contributed by atoms with E-state index in [4.69, 9.17) is 0 Å². The lowest BCUT2D eigenvalue weighted by atomic mass is 10.1. The van der Waals surface area contributed by atoms with Gasteiger partial charge in [0.2, 0.25) is 0 Å². The van der Waals surface area contributed by atoms with Crippen molar-refractivity contribution in [3.05, 3.63) is 35.5 Å². The number of hydrogen-bond acceptors (Lipinski definition) is 1. The molecule has 0 aliphatic rings. The minimum atomic E-state index is 1.05. The highest BCUT2D eigenvalue weighted by Crippen LogP contribution is 2.27. The van der Waals surface area contributed by atoms with Crippen molar-refractivity contribution in [3.8, 4) is 0 Å². The van der Waals surface area contributed by atoms with Crippen molar-refractivity contribution >= 4 is 22.7 Å². The second-order valence-electron chi connectivity index (χ2n) is 4.05. The van der Waals surface area contributed by atoms with Crippen LogP contribution in [0.1, 0.15) is 25.0 Å². The standard InChI is InChI=1S/C14H19NS/c1-4-15-9-12(10-16-5-2)13-8-6-7-11(3)14(13)15/h6-9H,4-5,10H2,1-3H3. The van der Waals surface area contributed by atoms with Crippen LogP contribution in [0.4, 0.5) is 0 Å². The van der Waals surface area contributed by atoms with Crippen molar-refractivity contribution in [1.82, 2.24) is 4.57 Å². The summed E-state index contributed by atoms with van der Waals surface area (Å²) in [4.78, 5) is 0. The third-order valence-corrected chi connectivity index (χ3v) is 3.91. The Kier molecular flexibility index (Phi) is 3.59. The second-order valence-corrected chi connectivity index (χ2v) is 5.32. The summed E-state index contributed by atoms with van der Waals surface area (Å²) in [6.45, 7) is 7.68. The highest BCUT2D eigenvalue weighted by Gasteiger charge is 2.08. The Balaban J connectivity index is 2.54. The van der Waals surface area contributed by atoms with E-state index < -0.39 is 0 Å². The van der Waals surface area contributed by atoms with Crippen LogP contribution < -0.4 is 0 Å². The van der Waals surface area contributed by atoms with Crippen molar-refractivity contribution in [2.24, 2.45) is 0 Å². The first-order chi connectivity index (χ1) is 7.77. The lowest BCUT2D eigenvalue weighted by Gasteiger charge is -2.03. The molecule has 0 fully saturated rings. The molecule has 0 N–H and O–H groups in total. The fourth-order valence-electron chi connectivity index (χ4n) is 2.20. The number of aryl methyl sites for hydroxylation is 2. The number of thioether (sulfide) groups is 1. The van der Waals surface area contributed by atoms with E-state index in [1.165, 1.54) is 27.8 Å². The van der Waals surface area contributed by atoms with Crippen LogP contribution in [0, 0.1) is 6.92 Å². The van der Waals surface area contributed by atoms with Crippen LogP contribution >= 0.6 is 11.8 Å². The van der Waals surface area contributed by atoms with Gasteiger partial charge in [-0.2, -0.15) is 11.8 Å². The number of nitrogens with zero attached hydrogens (tertiary/aromatic N) is 1. The maximum Gasteiger partial charge on any atom is 0.0513 e. The van der Waals surface area contributed by atoms with E-state index in [1.54, 1.807) is 0 Å². The zero-order valence-electron chi connectivity index (χ0n) is 10.3. The van der Waals surface area contributed by atoms with Crippen LogP contribution in [0.5, 0.6) is 0 Å². The van der Waals surface area contributed by atoms with Crippen LogP contribution in [0.15, 0.2) is 24.4 Å². The lowest BCUT2D eigenvalue weighted by Crippen LogP contribution is -1.92. The van der Waals surface area contributed by atoms with Crippen LogP contribution in [-0.2, 0) is 12.3 Å². The van der Waals surface area contributed by atoms with Gasteiger partial charge in [-0.1, -0.05) is 25.1 Å². The number of rotatable bonds is 4. The predicted molar refractivity (Wildman–Crippen MR) is 74.2 cm³/mol. The van der Waals surface area contributed by atoms with E-state index in [2.05, 4.69) is 49.7 Å². The molecule has 86 valence electrons. The molecule has 2 rings (SSSR count). The summed E-state index contributed by atoms with van der Waals surface area (Å²) in [7, 11) is 0. The Morgan fingerprint density at radius 2 is 2.06 bits per heavy atom. The van der Waals surface area contributed by atoms with Gasteiger partial charge in [-0.3, -0.25) is 0 Å². The normalized spacial score (nSPS) is 11.2. The van der Waals surface area contributed by atoms with Crippen LogP contribution in [-0.4, -0.2) is 10.3 Å². The fraction of sp³-hybridized carbons (Fsp3) is 0.429. The van der Waals surface area contributed by atoms with Crippen molar-refractivity contribution in [2.45, 2.75) is 33.1 Å². The molecule has 16 heavy (non-hydrogen) atoms. The number of benzene rings is 1. The summed E-state index contributed by atoms with van der Waals surface area (Å²) in [5.41, 5.74) is 4.27. The molecule has 1 nitrogen and oxygen atoms in total. The van der Waals surface area contributed by atoms with Gasteiger partial charge in [0.25, 0.3) is 0 Å². The van der Waals surface area contributed by atoms with Gasteiger partial charge in [-0.15, -0.1) is 0 Å². The van der Waals surface area contributed by atoms with Gasteiger partial charge < -0.3 is 4.57 Å². The minimum absolute atomic E-state index is 1.05. The van der Waals surface area contributed by atoms with Gasteiger partial charge in [-0.05, 0) is 30.7 Å². The molecule has 0 saturated heterocycles. The molecule has 2 aromatic rings.